The number of carbonyl (C=O) groups excluding carboxylic acids is 1. The third-order valence-electron chi connectivity index (χ3n) is 6.91. The zero-order valence-electron chi connectivity index (χ0n) is 22.9. The summed E-state index contributed by atoms with van der Waals surface area (Å²) < 4.78 is 50.3. The van der Waals surface area contributed by atoms with E-state index >= 15 is 0 Å². The summed E-state index contributed by atoms with van der Waals surface area (Å²) in [6.45, 7) is 5.10. The average molecular weight is 590 g/mol. The number of sulfonamides is 1. The normalized spacial score (nSPS) is 18.5. The Morgan fingerprint density at radius 1 is 1.20 bits per heavy atom. The molecule has 2 N–H and O–H groups in total. The van der Waals surface area contributed by atoms with Crippen LogP contribution >= 0.6 is 0 Å². The minimum atomic E-state index is -4.42. The van der Waals surface area contributed by atoms with Gasteiger partial charge in [-0.2, -0.15) is 0 Å². The molecule has 0 radical (unpaired) electrons. The van der Waals surface area contributed by atoms with Crippen LogP contribution < -0.4 is 15.6 Å². The molecular weight excluding hydrogens is 557 g/mol. The molecule has 0 aliphatic heterocycles. The van der Waals surface area contributed by atoms with Crippen molar-refractivity contribution in [3.63, 3.8) is 0 Å². The molecule has 1 unspecified atom stereocenters. The van der Waals surface area contributed by atoms with Gasteiger partial charge in [-0.25, -0.2) is 27.3 Å². The number of nitrogens with zero attached hydrogens (tertiary/aromatic N) is 3. The maximum atomic E-state index is 14.1. The highest BCUT2D eigenvalue weighted by atomic mass is 32.2. The largest absolute Gasteiger partial charge is 0.444 e. The molecule has 0 bridgehead atoms. The van der Waals surface area contributed by atoms with Gasteiger partial charge in [0.1, 0.15) is 11.4 Å². The van der Waals surface area contributed by atoms with Crippen LogP contribution in [-0.4, -0.2) is 46.7 Å². The summed E-state index contributed by atoms with van der Waals surface area (Å²) in [6.07, 6.45) is 2.48. The number of ether oxygens (including phenoxy) is 1. The zero-order valence-corrected chi connectivity index (χ0v) is 23.7. The van der Waals surface area contributed by atoms with Crippen LogP contribution in [0.3, 0.4) is 0 Å². The quantitative estimate of drug-likeness (QED) is 0.295. The Morgan fingerprint density at radius 2 is 1.88 bits per heavy atom. The first-order valence-corrected chi connectivity index (χ1v) is 14.6. The Bertz CT molecular complexity index is 1610. The van der Waals surface area contributed by atoms with E-state index in [-0.39, 0.29) is 24.0 Å². The lowest BCUT2D eigenvalue weighted by Crippen LogP contribution is -2.48. The lowest BCUT2D eigenvalue weighted by atomic mass is 9.81. The van der Waals surface area contributed by atoms with Crippen molar-refractivity contribution in [3.05, 3.63) is 74.9 Å². The van der Waals surface area contributed by atoms with Gasteiger partial charge in [0.05, 0.1) is 22.2 Å². The number of alkyl carbamates (subject to hydrolysis) is 1. The first kappa shape index (κ1) is 30.1. The van der Waals surface area contributed by atoms with Crippen molar-refractivity contribution in [1.82, 2.24) is 19.6 Å². The van der Waals surface area contributed by atoms with E-state index in [2.05, 4.69) is 15.0 Å². The van der Waals surface area contributed by atoms with Crippen molar-refractivity contribution in [3.8, 4) is 0 Å². The summed E-state index contributed by atoms with van der Waals surface area (Å²) in [4.78, 5) is 39.5. The molecule has 1 saturated carbocycles. The predicted molar refractivity (Wildman–Crippen MR) is 148 cm³/mol. The molecule has 4 rings (SSSR count). The minimum Gasteiger partial charge on any atom is -0.444 e. The summed E-state index contributed by atoms with van der Waals surface area (Å²) in [5.74, 6) is -0.905. The monoisotopic (exact) mass is 589 g/mol. The van der Waals surface area contributed by atoms with Crippen LogP contribution in [0, 0.1) is 21.8 Å². The van der Waals surface area contributed by atoms with E-state index in [1.165, 1.54) is 28.8 Å². The molecule has 1 heterocycles. The molecule has 220 valence electrons. The average Bonchev–Trinajstić information content (AvgIpc) is 2.89. The molecule has 1 amide bonds. The number of nitro benzene ring substituents is 1. The van der Waals surface area contributed by atoms with Gasteiger partial charge < -0.3 is 14.6 Å². The Kier molecular flexibility index (Phi) is 8.73. The van der Waals surface area contributed by atoms with Crippen LogP contribution in [0.15, 0.2) is 58.4 Å². The van der Waals surface area contributed by atoms with Gasteiger partial charge in [0.2, 0.25) is 10.0 Å². The molecule has 0 spiro atoms. The zero-order chi connectivity index (χ0) is 29.9. The fourth-order valence-corrected chi connectivity index (χ4v) is 6.51. The van der Waals surface area contributed by atoms with Crippen LogP contribution in [0.2, 0.25) is 0 Å². The second kappa shape index (κ2) is 11.9. The van der Waals surface area contributed by atoms with Gasteiger partial charge in [-0.05, 0) is 76.6 Å². The number of fused-ring (bicyclic) bond motifs is 1. The van der Waals surface area contributed by atoms with E-state index in [1.807, 2.05) is 0 Å². The lowest BCUT2D eigenvalue weighted by molar-refractivity contribution is -0.387. The molecule has 1 aromatic heterocycles. The van der Waals surface area contributed by atoms with E-state index in [0.29, 0.717) is 31.2 Å². The molecule has 2 aromatic carbocycles. The Balaban J connectivity index is 1.64. The van der Waals surface area contributed by atoms with Crippen molar-refractivity contribution in [2.75, 3.05) is 0 Å². The van der Waals surface area contributed by atoms with Crippen LogP contribution in [0.1, 0.15) is 46.5 Å². The van der Waals surface area contributed by atoms with Gasteiger partial charge >= 0.3 is 6.09 Å². The van der Waals surface area contributed by atoms with Gasteiger partial charge in [-0.3, -0.25) is 14.9 Å². The maximum Gasteiger partial charge on any atom is 0.407 e. The number of para-hydroxylation sites is 1. The van der Waals surface area contributed by atoms with Crippen LogP contribution in [0.4, 0.5) is 14.9 Å². The number of nitro groups is 1. The van der Waals surface area contributed by atoms with Gasteiger partial charge in [0.25, 0.3) is 11.2 Å². The minimum absolute atomic E-state index is 0.171. The molecular formula is C27H32FN5O7S. The molecule has 14 heteroatoms. The molecule has 3 aromatic rings. The van der Waals surface area contributed by atoms with Crippen LogP contribution in [-0.2, 0) is 21.3 Å². The smallest absolute Gasteiger partial charge is 0.407 e. The molecule has 1 aliphatic carbocycles. The summed E-state index contributed by atoms with van der Waals surface area (Å²) in [7, 11) is -4.42. The number of benzene rings is 2. The predicted octanol–water partition coefficient (Wildman–Crippen LogP) is 3.87. The van der Waals surface area contributed by atoms with Gasteiger partial charge in [0.15, 0.2) is 4.90 Å². The van der Waals surface area contributed by atoms with E-state index in [1.54, 1.807) is 20.8 Å². The summed E-state index contributed by atoms with van der Waals surface area (Å²) in [5, 5.41) is 14.4. The Labute approximate surface area is 236 Å². The van der Waals surface area contributed by atoms with Gasteiger partial charge in [-0.1, -0.05) is 12.1 Å². The number of halogens is 1. The van der Waals surface area contributed by atoms with Crippen LogP contribution in [0.25, 0.3) is 11.0 Å². The topological polar surface area (TPSA) is 163 Å². The fraction of sp³-hybridized carbons (Fsp3) is 0.444. The van der Waals surface area contributed by atoms with Crippen molar-refractivity contribution in [2.24, 2.45) is 5.92 Å². The molecule has 0 saturated heterocycles. The first-order valence-electron chi connectivity index (χ1n) is 13.1. The molecule has 1 fully saturated rings. The van der Waals surface area contributed by atoms with Gasteiger partial charge in [0, 0.05) is 24.7 Å². The molecule has 1 atom stereocenters. The van der Waals surface area contributed by atoms with Crippen molar-refractivity contribution in [1.29, 1.82) is 0 Å². The van der Waals surface area contributed by atoms with Crippen LogP contribution in [0.5, 0.6) is 0 Å². The third-order valence-corrected chi connectivity index (χ3v) is 8.44. The Hall–Kier alpha value is -3.91. The van der Waals surface area contributed by atoms with Crippen molar-refractivity contribution in [2.45, 2.75) is 75.6 Å². The maximum absolute atomic E-state index is 14.1. The third kappa shape index (κ3) is 7.44. The van der Waals surface area contributed by atoms with Gasteiger partial charge in [-0.15, -0.1) is 0 Å². The van der Waals surface area contributed by atoms with E-state index in [0.717, 1.165) is 24.4 Å². The lowest BCUT2D eigenvalue weighted by Gasteiger charge is -2.35. The second-order valence-electron chi connectivity index (χ2n) is 11.1. The summed E-state index contributed by atoms with van der Waals surface area (Å²) >= 11 is 0. The highest BCUT2D eigenvalue weighted by Crippen LogP contribution is 2.31. The number of hydrogen-bond acceptors (Lipinski definition) is 8. The number of nitrogens with one attached hydrogen (secondary N) is 2. The van der Waals surface area contributed by atoms with E-state index in [9.17, 15) is 32.5 Å². The van der Waals surface area contributed by atoms with Crippen molar-refractivity contribution >= 4 is 32.8 Å². The number of carbonyl (C=O) groups is 1. The molecule has 41 heavy (non-hydrogen) atoms. The highest BCUT2D eigenvalue weighted by molar-refractivity contribution is 7.89. The van der Waals surface area contributed by atoms with Crippen molar-refractivity contribution < 1.29 is 27.3 Å². The number of hydrogen-bond donors (Lipinski definition) is 2. The number of aromatic nitrogens is 2. The number of rotatable bonds is 8. The standard InChI is InChI=1S/C27H32FN5O7S/c1-27(2,3)40-26(35)30-19-11-8-17(9-12-19)21(31-41(38,39)24-7-5-4-6-22(24)33(36)37)16-32-23-14-18(28)10-13-20(23)29-15-25(32)34/h4-7,10,13-15,17,19,21,31H,8-9,11-12,16H2,1-3H3,(H,30,35). The Morgan fingerprint density at radius 3 is 2.54 bits per heavy atom. The van der Waals surface area contributed by atoms with E-state index in [4.69, 9.17) is 4.74 Å². The second-order valence-corrected chi connectivity index (χ2v) is 12.7. The fourth-order valence-electron chi connectivity index (χ4n) is 5.04. The SMILES string of the molecule is CC(C)(C)OC(=O)NC1CCC(C(Cn2c(=O)cnc3ccc(F)cc32)NS(=O)(=O)c2ccccc2[N+](=O)[O-])CC1. The first-order chi connectivity index (χ1) is 19.2. The highest BCUT2D eigenvalue weighted by Gasteiger charge is 2.35. The summed E-state index contributed by atoms with van der Waals surface area (Å²) in [6, 6.07) is 7.67. The molecule has 1 aliphatic rings. The number of amides is 1. The van der Waals surface area contributed by atoms with E-state index < -0.39 is 54.6 Å². The molecule has 12 nitrogen and oxygen atoms in total. The summed E-state index contributed by atoms with van der Waals surface area (Å²) in [5.41, 5.74) is -1.27.